The van der Waals surface area contributed by atoms with Gasteiger partial charge in [0, 0.05) is 19.3 Å². The average molecular weight is 295 g/mol. The summed E-state index contributed by atoms with van der Waals surface area (Å²) in [5.74, 6) is 4.75. The number of thioether (sulfide) groups is 1. The number of hydrogen-bond acceptors (Lipinski definition) is 6. The van der Waals surface area contributed by atoms with Crippen molar-refractivity contribution in [2.75, 3.05) is 31.7 Å². The van der Waals surface area contributed by atoms with Gasteiger partial charge in [0.1, 0.15) is 17.8 Å². The first kappa shape index (κ1) is 14.9. The lowest BCUT2D eigenvalue weighted by atomic mass is 10.4. The lowest BCUT2D eigenvalue weighted by molar-refractivity contribution is 0.344. The quantitative estimate of drug-likeness (QED) is 0.750. The van der Waals surface area contributed by atoms with Crippen LogP contribution in [-0.2, 0) is 19.3 Å². The summed E-state index contributed by atoms with van der Waals surface area (Å²) in [6.45, 7) is 1.71. The van der Waals surface area contributed by atoms with Gasteiger partial charge in [-0.3, -0.25) is 0 Å². The molecule has 0 aliphatic heterocycles. The van der Waals surface area contributed by atoms with E-state index >= 15 is 0 Å². The van der Waals surface area contributed by atoms with Gasteiger partial charge in [-0.25, -0.2) is 4.68 Å². The molecule has 0 amide bonds. The van der Waals surface area contributed by atoms with Crippen LogP contribution >= 0.6 is 11.8 Å². The molecule has 0 aromatic carbocycles. The number of furan rings is 1. The summed E-state index contributed by atoms with van der Waals surface area (Å²) in [5, 5.41) is 7.25. The first-order valence-electron chi connectivity index (χ1n) is 6.53. The number of hydrogen-bond donors (Lipinski definition) is 1. The van der Waals surface area contributed by atoms with E-state index in [1.807, 2.05) is 39.0 Å². The van der Waals surface area contributed by atoms with Crippen LogP contribution in [0.3, 0.4) is 0 Å². The molecule has 0 atom stereocenters. The number of nitrogens with one attached hydrogen (secondary N) is 1. The van der Waals surface area contributed by atoms with Crippen molar-refractivity contribution in [3.63, 3.8) is 0 Å². The number of nitrogens with zero attached hydrogens (tertiary/aromatic N) is 4. The van der Waals surface area contributed by atoms with Gasteiger partial charge >= 0.3 is 0 Å². The molecule has 2 aromatic heterocycles. The lowest BCUT2D eigenvalue weighted by Crippen LogP contribution is -2.09. The molecule has 0 saturated heterocycles. The molecule has 0 aliphatic rings. The first-order chi connectivity index (χ1) is 9.65. The van der Waals surface area contributed by atoms with Gasteiger partial charge in [0.15, 0.2) is 0 Å². The van der Waals surface area contributed by atoms with Crippen LogP contribution < -0.4 is 5.32 Å². The maximum absolute atomic E-state index is 5.76. The van der Waals surface area contributed by atoms with Crippen molar-refractivity contribution in [2.24, 2.45) is 7.05 Å². The monoisotopic (exact) mass is 295 g/mol. The molecule has 0 bridgehead atoms. The molecule has 0 aliphatic carbocycles. The predicted octanol–water partition coefficient (Wildman–Crippen LogP) is 1.81. The SMILES string of the molecule is CN(C)Cc1ccc(CSCCNc2ncnn2C)o1. The van der Waals surface area contributed by atoms with Crippen LogP contribution in [0.25, 0.3) is 0 Å². The molecule has 110 valence electrons. The summed E-state index contributed by atoms with van der Waals surface area (Å²) in [6, 6.07) is 4.11. The fraction of sp³-hybridized carbons (Fsp3) is 0.538. The molecule has 2 rings (SSSR count). The number of aromatic nitrogens is 3. The minimum atomic E-state index is 0.803. The Balaban J connectivity index is 1.63. The molecule has 6 nitrogen and oxygen atoms in total. The largest absolute Gasteiger partial charge is 0.464 e. The van der Waals surface area contributed by atoms with E-state index in [9.17, 15) is 0 Å². The summed E-state index contributed by atoms with van der Waals surface area (Å²) in [4.78, 5) is 6.21. The molecule has 2 aromatic rings. The number of aryl methyl sites for hydroxylation is 1. The summed E-state index contributed by atoms with van der Waals surface area (Å²) in [7, 11) is 5.95. The van der Waals surface area contributed by atoms with Gasteiger partial charge in [-0.1, -0.05) is 0 Å². The van der Waals surface area contributed by atoms with Crippen molar-refractivity contribution in [1.29, 1.82) is 0 Å². The highest BCUT2D eigenvalue weighted by molar-refractivity contribution is 7.98. The molecule has 0 unspecified atom stereocenters. The standard InChI is InChI=1S/C13H21N5OS/c1-17(2)8-11-4-5-12(19-11)9-20-7-6-14-13-15-10-16-18(13)3/h4-5,10H,6-9H2,1-3H3,(H,14,15,16). The van der Waals surface area contributed by atoms with E-state index < -0.39 is 0 Å². The van der Waals surface area contributed by atoms with E-state index in [0.29, 0.717) is 0 Å². The van der Waals surface area contributed by atoms with Gasteiger partial charge in [-0.05, 0) is 26.2 Å². The van der Waals surface area contributed by atoms with Crippen LogP contribution in [0.1, 0.15) is 11.5 Å². The Morgan fingerprint density at radius 1 is 1.35 bits per heavy atom. The van der Waals surface area contributed by atoms with Crippen LogP contribution in [0, 0.1) is 0 Å². The van der Waals surface area contributed by atoms with Gasteiger partial charge in [0.05, 0.1) is 12.3 Å². The van der Waals surface area contributed by atoms with Gasteiger partial charge in [-0.2, -0.15) is 21.8 Å². The molecular formula is C13H21N5OS. The zero-order valence-corrected chi connectivity index (χ0v) is 13.0. The molecule has 0 radical (unpaired) electrons. The Kier molecular flexibility index (Phi) is 5.49. The highest BCUT2D eigenvalue weighted by Crippen LogP contribution is 2.16. The van der Waals surface area contributed by atoms with Crippen LogP contribution in [-0.4, -0.2) is 46.1 Å². The molecular weight excluding hydrogens is 274 g/mol. The zero-order chi connectivity index (χ0) is 14.4. The van der Waals surface area contributed by atoms with Gasteiger partial charge in [0.25, 0.3) is 0 Å². The molecule has 0 saturated carbocycles. The van der Waals surface area contributed by atoms with Crippen molar-refractivity contribution >= 4 is 17.7 Å². The summed E-state index contributed by atoms with van der Waals surface area (Å²) >= 11 is 1.84. The molecule has 2 heterocycles. The fourth-order valence-corrected chi connectivity index (χ4v) is 2.51. The van der Waals surface area contributed by atoms with Crippen molar-refractivity contribution < 1.29 is 4.42 Å². The van der Waals surface area contributed by atoms with E-state index in [2.05, 4.69) is 26.4 Å². The van der Waals surface area contributed by atoms with Crippen molar-refractivity contribution in [3.8, 4) is 0 Å². The Morgan fingerprint density at radius 3 is 2.85 bits per heavy atom. The summed E-state index contributed by atoms with van der Waals surface area (Å²) in [5.41, 5.74) is 0. The van der Waals surface area contributed by atoms with E-state index in [1.54, 1.807) is 11.0 Å². The van der Waals surface area contributed by atoms with E-state index in [-0.39, 0.29) is 0 Å². The van der Waals surface area contributed by atoms with Crippen LogP contribution in [0.4, 0.5) is 5.95 Å². The zero-order valence-electron chi connectivity index (χ0n) is 12.2. The Labute approximate surface area is 123 Å². The van der Waals surface area contributed by atoms with E-state index in [1.165, 1.54) is 0 Å². The highest BCUT2D eigenvalue weighted by Gasteiger charge is 2.03. The topological polar surface area (TPSA) is 59.1 Å². The lowest BCUT2D eigenvalue weighted by Gasteiger charge is -2.06. The van der Waals surface area contributed by atoms with Gasteiger partial charge < -0.3 is 14.6 Å². The smallest absolute Gasteiger partial charge is 0.220 e. The maximum atomic E-state index is 5.76. The molecule has 7 heteroatoms. The van der Waals surface area contributed by atoms with Gasteiger partial charge in [0.2, 0.25) is 5.95 Å². The summed E-state index contributed by atoms with van der Waals surface area (Å²) in [6.07, 6.45) is 1.55. The normalized spacial score (nSPS) is 11.2. The maximum Gasteiger partial charge on any atom is 0.220 e. The molecule has 20 heavy (non-hydrogen) atoms. The third-order valence-corrected chi connectivity index (χ3v) is 3.66. The number of anilines is 1. The molecule has 0 spiro atoms. The Bertz CT molecular complexity index is 522. The third kappa shape index (κ3) is 4.57. The number of rotatable bonds is 8. The minimum Gasteiger partial charge on any atom is -0.464 e. The van der Waals surface area contributed by atoms with E-state index in [4.69, 9.17) is 4.42 Å². The second kappa shape index (κ2) is 7.35. The predicted molar refractivity (Wildman–Crippen MR) is 81.8 cm³/mol. The third-order valence-electron chi connectivity index (χ3n) is 2.67. The minimum absolute atomic E-state index is 0.803. The highest BCUT2D eigenvalue weighted by atomic mass is 32.2. The Hall–Kier alpha value is -1.47. The average Bonchev–Trinajstić information content (AvgIpc) is 2.98. The van der Waals surface area contributed by atoms with Gasteiger partial charge in [-0.15, -0.1) is 0 Å². The molecule has 1 N–H and O–H groups in total. The Morgan fingerprint density at radius 2 is 2.15 bits per heavy atom. The fourth-order valence-electron chi connectivity index (χ4n) is 1.76. The van der Waals surface area contributed by atoms with Crippen molar-refractivity contribution in [1.82, 2.24) is 19.7 Å². The van der Waals surface area contributed by atoms with E-state index in [0.717, 1.165) is 42.1 Å². The van der Waals surface area contributed by atoms with Crippen LogP contribution in [0.5, 0.6) is 0 Å². The first-order valence-corrected chi connectivity index (χ1v) is 7.68. The van der Waals surface area contributed by atoms with Crippen LogP contribution in [0.2, 0.25) is 0 Å². The second-order valence-electron chi connectivity index (χ2n) is 4.79. The van der Waals surface area contributed by atoms with Crippen molar-refractivity contribution in [3.05, 3.63) is 30.0 Å². The second-order valence-corrected chi connectivity index (χ2v) is 5.90. The molecule has 0 fully saturated rings. The van der Waals surface area contributed by atoms with Crippen molar-refractivity contribution in [2.45, 2.75) is 12.3 Å². The summed E-state index contributed by atoms with van der Waals surface area (Å²) < 4.78 is 7.48. The van der Waals surface area contributed by atoms with Crippen LogP contribution in [0.15, 0.2) is 22.9 Å².